The van der Waals surface area contributed by atoms with Gasteiger partial charge in [0.1, 0.15) is 4.90 Å². The second-order valence-electron chi connectivity index (χ2n) is 3.14. The highest BCUT2D eigenvalue weighted by molar-refractivity contribution is 7.86. The minimum absolute atomic E-state index is 0.615. The topological polar surface area (TPSA) is 186 Å². The number of hydrogen-bond donors (Lipinski definition) is 1. The molecule has 2 amide bonds. The number of amides is 2. The molecule has 0 unspecified atom stereocenters. The first kappa shape index (κ1) is 15.1. The summed E-state index contributed by atoms with van der Waals surface area (Å²) in [6.45, 7) is 0. The molecule has 0 aliphatic rings. The van der Waals surface area contributed by atoms with Crippen LogP contribution >= 0.6 is 0 Å². The van der Waals surface area contributed by atoms with Crippen LogP contribution in [0.4, 0.5) is 0 Å². The van der Waals surface area contributed by atoms with Crippen molar-refractivity contribution in [2.75, 3.05) is 0 Å². The van der Waals surface area contributed by atoms with Crippen molar-refractivity contribution in [1.82, 2.24) is 0 Å². The Balaban J connectivity index is 3.78. The average Bonchev–Trinajstić information content (AvgIpc) is 2.37. The van der Waals surface area contributed by atoms with Gasteiger partial charge < -0.3 is 0 Å². The average molecular weight is 296 g/mol. The fourth-order valence-corrected chi connectivity index (χ4v) is 2.04. The van der Waals surface area contributed by atoms with Crippen molar-refractivity contribution < 1.29 is 22.6 Å². The van der Waals surface area contributed by atoms with Crippen LogP contribution in [0.25, 0.3) is 20.9 Å². The van der Waals surface area contributed by atoms with Crippen molar-refractivity contribution in [3.8, 4) is 0 Å². The zero-order chi connectivity index (χ0) is 15.3. The molecule has 0 aliphatic heterocycles. The minimum atomic E-state index is -4.86. The van der Waals surface area contributed by atoms with E-state index in [4.69, 9.17) is 15.6 Å². The summed E-state index contributed by atoms with van der Waals surface area (Å²) >= 11 is 0. The summed E-state index contributed by atoms with van der Waals surface area (Å²) in [7, 11) is -4.86. The van der Waals surface area contributed by atoms with Gasteiger partial charge in [-0.05, 0) is 27.4 Å². The number of benzene rings is 1. The maximum Gasteiger partial charge on any atom is 0.295 e. The SMILES string of the molecule is [N-]=[N+]=NC(=O)c1cccc(S(=O)(=O)O)c1C(=O)N=[N+]=[N-]. The van der Waals surface area contributed by atoms with E-state index in [1.54, 1.807) is 0 Å². The highest BCUT2D eigenvalue weighted by Crippen LogP contribution is 2.22. The molecule has 0 atom stereocenters. The Morgan fingerprint density at radius 1 is 1.10 bits per heavy atom. The lowest BCUT2D eigenvalue weighted by Gasteiger charge is -2.07. The summed E-state index contributed by atoms with van der Waals surface area (Å²) in [6, 6.07) is 2.84. The highest BCUT2D eigenvalue weighted by atomic mass is 32.2. The van der Waals surface area contributed by atoms with Gasteiger partial charge in [-0.2, -0.15) is 8.42 Å². The standard InChI is InChI=1S/C8H4N6O5S/c9-13-11-7(15)4-2-1-3-5(20(17,18)19)6(4)8(16)12-14-10/h1-3H,(H,17,18,19). The second kappa shape index (κ2) is 5.82. The van der Waals surface area contributed by atoms with E-state index in [-0.39, 0.29) is 0 Å². The Hall–Kier alpha value is -2.91. The van der Waals surface area contributed by atoms with Crippen LogP contribution < -0.4 is 0 Å². The highest BCUT2D eigenvalue weighted by Gasteiger charge is 2.25. The number of carbonyl (C=O) groups excluding carboxylic acids is 2. The minimum Gasteiger partial charge on any atom is -0.287 e. The molecule has 0 radical (unpaired) electrons. The molecule has 0 aliphatic carbocycles. The van der Waals surface area contributed by atoms with Crippen molar-refractivity contribution >= 4 is 21.9 Å². The third kappa shape index (κ3) is 3.10. The zero-order valence-corrected chi connectivity index (χ0v) is 10.2. The van der Waals surface area contributed by atoms with Gasteiger partial charge in [0.05, 0.1) is 5.56 Å². The number of carbonyl (C=O) groups is 2. The predicted molar refractivity (Wildman–Crippen MR) is 63.2 cm³/mol. The van der Waals surface area contributed by atoms with Crippen LogP contribution in [0.5, 0.6) is 0 Å². The third-order valence-electron chi connectivity index (χ3n) is 2.02. The summed E-state index contributed by atoms with van der Waals surface area (Å²) in [6.07, 6.45) is 0. The van der Waals surface area contributed by atoms with Gasteiger partial charge in [-0.3, -0.25) is 14.1 Å². The Morgan fingerprint density at radius 2 is 1.65 bits per heavy atom. The van der Waals surface area contributed by atoms with Gasteiger partial charge in [0, 0.05) is 15.4 Å². The van der Waals surface area contributed by atoms with Gasteiger partial charge >= 0.3 is 0 Å². The molecular weight excluding hydrogens is 292 g/mol. The maximum atomic E-state index is 11.6. The molecule has 12 heteroatoms. The molecule has 0 spiro atoms. The summed E-state index contributed by atoms with van der Waals surface area (Å²) in [5.41, 5.74) is 14.9. The summed E-state index contributed by atoms with van der Waals surface area (Å²) < 4.78 is 31.3. The van der Waals surface area contributed by atoms with E-state index in [9.17, 15) is 18.0 Å². The molecule has 11 nitrogen and oxygen atoms in total. The molecule has 1 aromatic rings. The summed E-state index contributed by atoms with van der Waals surface area (Å²) in [5.74, 6) is -2.69. The van der Waals surface area contributed by atoms with Crippen LogP contribution in [0.15, 0.2) is 33.3 Å². The molecule has 0 heterocycles. The van der Waals surface area contributed by atoms with Crippen molar-refractivity contribution in [2.45, 2.75) is 4.90 Å². The Kier molecular flexibility index (Phi) is 4.41. The number of rotatable bonds is 3. The van der Waals surface area contributed by atoms with E-state index < -0.39 is 38.0 Å². The van der Waals surface area contributed by atoms with Crippen molar-refractivity contribution in [1.29, 1.82) is 0 Å². The maximum absolute atomic E-state index is 11.6. The Labute approximate surface area is 110 Å². The quantitative estimate of drug-likeness (QED) is 0.384. The van der Waals surface area contributed by atoms with E-state index in [1.807, 2.05) is 0 Å². The molecule has 1 rings (SSSR count). The first-order valence-electron chi connectivity index (χ1n) is 4.62. The first-order chi connectivity index (χ1) is 9.32. The van der Waals surface area contributed by atoms with Crippen LogP contribution in [0.2, 0.25) is 0 Å². The van der Waals surface area contributed by atoms with E-state index in [1.165, 1.54) is 0 Å². The first-order valence-corrected chi connectivity index (χ1v) is 6.06. The van der Waals surface area contributed by atoms with Gasteiger partial charge in [-0.25, -0.2) is 0 Å². The van der Waals surface area contributed by atoms with Crippen LogP contribution in [-0.2, 0) is 10.1 Å². The predicted octanol–water partition coefficient (Wildman–Crippen LogP) is 1.83. The molecule has 0 saturated heterocycles. The smallest absolute Gasteiger partial charge is 0.287 e. The zero-order valence-electron chi connectivity index (χ0n) is 9.40. The van der Waals surface area contributed by atoms with Gasteiger partial charge in [-0.1, -0.05) is 12.1 Å². The molecular formula is C8H4N6O5S. The molecule has 0 saturated carbocycles. The number of nitrogens with zero attached hydrogens (tertiary/aromatic N) is 6. The van der Waals surface area contributed by atoms with Crippen LogP contribution in [0.3, 0.4) is 0 Å². The molecule has 1 aromatic carbocycles. The lowest BCUT2D eigenvalue weighted by atomic mass is 10.1. The van der Waals surface area contributed by atoms with E-state index in [0.717, 1.165) is 18.2 Å². The Morgan fingerprint density at radius 3 is 2.15 bits per heavy atom. The van der Waals surface area contributed by atoms with E-state index in [2.05, 4.69) is 20.1 Å². The third-order valence-corrected chi connectivity index (χ3v) is 2.92. The molecule has 20 heavy (non-hydrogen) atoms. The fraction of sp³-hybridized carbons (Fsp3) is 0. The van der Waals surface area contributed by atoms with E-state index >= 15 is 0 Å². The van der Waals surface area contributed by atoms with Gasteiger partial charge in [0.15, 0.2) is 0 Å². The summed E-state index contributed by atoms with van der Waals surface area (Å²) in [5, 5.41) is 5.35. The molecule has 102 valence electrons. The summed E-state index contributed by atoms with van der Waals surface area (Å²) in [4.78, 5) is 26.5. The Bertz CT molecular complexity index is 788. The van der Waals surface area contributed by atoms with Crippen molar-refractivity contribution in [2.24, 2.45) is 10.2 Å². The lowest BCUT2D eigenvalue weighted by Crippen LogP contribution is -2.12. The molecule has 0 aromatic heterocycles. The number of hydrogen-bond acceptors (Lipinski definition) is 4. The monoisotopic (exact) mass is 296 g/mol. The molecule has 1 N–H and O–H groups in total. The fourth-order valence-electron chi connectivity index (χ4n) is 1.33. The van der Waals surface area contributed by atoms with Crippen molar-refractivity contribution in [3.63, 3.8) is 0 Å². The largest absolute Gasteiger partial charge is 0.295 e. The molecule has 0 bridgehead atoms. The normalized spacial score (nSPS) is 10.1. The lowest BCUT2D eigenvalue weighted by molar-refractivity contribution is 0.0965. The molecule has 0 fully saturated rings. The van der Waals surface area contributed by atoms with E-state index in [0.29, 0.717) is 0 Å². The second-order valence-corrected chi connectivity index (χ2v) is 4.53. The van der Waals surface area contributed by atoms with Gasteiger partial charge in [0.2, 0.25) is 5.91 Å². The van der Waals surface area contributed by atoms with Crippen LogP contribution in [0.1, 0.15) is 20.7 Å². The van der Waals surface area contributed by atoms with Gasteiger partial charge in [-0.15, -0.1) is 0 Å². The van der Waals surface area contributed by atoms with Crippen molar-refractivity contribution in [3.05, 3.63) is 50.2 Å². The van der Waals surface area contributed by atoms with Crippen LogP contribution in [-0.4, -0.2) is 24.8 Å². The number of azide groups is 2. The van der Waals surface area contributed by atoms with Crippen LogP contribution in [0, 0.1) is 0 Å². The van der Waals surface area contributed by atoms with Gasteiger partial charge in [0.25, 0.3) is 16.0 Å².